The number of carbonyl (C=O) groups excluding carboxylic acids is 1. The van der Waals surface area contributed by atoms with Crippen molar-refractivity contribution in [1.29, 1.82) is 0 Å². The highest BCUT2D eigenvalue weighted by atomic mass is 32.2. The molecular weight excluding hydrogens is 322 g/mol. The van der Waals surface area contributed by atoms with Crippen molar-refractivity contribution in [2.75, 3.05) is 11.1 Å². The van der Waals surface area contributed by atoms with E-state index in [4.69, 9.17) is 0 Å². The summed E-state index contributed by atoms with van der Waals surface area (Å²) in [5, 5.41) is 2.78. The van der Waals surface area contributed by atoms with Gasteiger partial charge in [0, 0.05) is 12.1 Å². The lowest BCUT2D eigenvalue weighted by molar-refractivity contribution is -0.115. The van der Waals surface area contributed by atoms with Gasteiger partial charge in [-0.1, -0.05) is 44.2 Å². The van der Waals surface area contributed by atoms with Crippen molar-refractivity contribution in [2.45, 2.75) is 31.6 Å². The van der Waals surface area contributed by atoms with E-state index < -0.39 is 9.84 Å². The largest absolute Gasteiger partial charge is 0.326 e. The maximum Gasteiger partial charge on any atom is 0.225 e. The Morgan fingerprint density at radius 2 is 1.75 bits per heavy atom. The number of amides is 1. The van der Waals surface area contributed by atoms with Gasteiger partial charge in [0.15, 0.2) is 9.84 Å². The molecule has 1 N–H and O–H groups in total. The minimum atomic E-state index is -3.43. The molecule has 0 bridgehead atoms. The molecule has 2 rings (SSSR count). The Kier molecular flexibility index (Phi) is 6.15. The van der Waals surface area contributed by atoms with E-state index in [-0.39, 0.29) is 23.0 Å². The van der Waals surface area contributed by atoms with Crippen molar-refractivity contribution in [3.05, 3.63) is 60.2 Å². The minimum absolute atomic E-state index is 0.0639. The maximum absolute atomic E-state index is 12.2. The highest BCUT2D eigenvalue weighted by Gasteiger charge is 2.16. The minimum Gasteiger partial charge on any atom is -0.326 e. The van der Waals surface area contributed by atoms with Crippen molar-refractivity contribution in [3.63, 3.8) is 0 Å². The molecule has 0 atom stereocenters. The Hall–Kier alpha value is -2.14. The maximum atomic E-state index is 12.2. The Morgan fingerprint density at radius 3 is 2.42 bits per heavy atom. The first kappa shape index (κ1) is 18.2. The third-order valence-corrected chi connectivity index (χ3v) is 5.29. The van der Waals surface area contributed by atoms with Crippen molar-refractivity contribution in [3.8, 4) is 0 Å². The zero-order valence-electron chi connectivity index (χ0n) is 14.0. The van der Waals surface area contributed by atoms with Crippen LogP contribution in [0.5, 0.6) is 0 Å². The third-order valence-electron chi connectivity index (χ3n) is 3.55. The Balaban J connectivity index is 1.94. The molecule has 24 heavy (non-hydrogen) atoms. The number of hydrogen-bond acceptors (Lipinski definition) is 3. The zero-order valence-corrected chi connectivity index (χ0v) is 14.8. The van der Waals surface area contributed by atoms with Crippen LogP contribution in [0, 0.1) is 5.92 Å². The molecule has 0 saturated heterocycles. The van der Waals surface area contributed by atoms with Gasteiger partial charge in [0.1, 0.15) is 0 Å². The Bertz CT molecular complexity index is 783. The van der Waals surface area contributed by atoms with E-state index >= 15 is 0 Å². The normalized spacial score (nSPS) is 11.5. The molecule has 0 unspecified atom stereocenters. The smallest absolute Gasteiger partial charge is 0.225 e. The van der Waals surface area contributed by atoms with E-state index in [1.807, 2.05) is 24.3 Å². The number of benzene rings is 2. The number of nitrogens with one attached hydrogen (secondary N) is 1. The molecule has 0 fully saturated rings. The average Bonchev–Trinajstić information content (AvgIpc) is 2.54. The highest BCUT2D eigenvalue weighted by Crippen LogP contribution is 2.15. The van der Waals surface area contributed by atoms with Crippen LogP contribution in [-0.2, 0) is 21.1 Å². The molecular formula is C19H23NO3S. The van der Waals surface area contributed by atoms with Crippen LogP contribution >= 0.6 is 0 Å². The second-order valence-corrected chi connectivity index (χ2v) is 8.34. The van der Waals surface area contributed by atoms with Gasteiger partial charge < -0.3 is 5.32 Å². The van der Waals surface area contributed by atoms with E-state index in [2.05, 4.69) is 19.2 Å². The molecule has 0 spiro atoms. The highest BCUT2D eigenvalue weighted by molar-refractivity contribution is 7.91. The first-order valence-corrected chi connectivity index (χ1v) is 9.68. The fourth-order valence-corrected chi connectivity index (χ4v) is 3.71. The van der Waals surface area contributed by atoms with Crippen molar-refractivity contribution < 1.29 is 13.2 Å². The first-order valence-electron chi connectivity index (χ1n) is 8.03. The number of rotatable bonds is 7. The first-order chi connectivity index (χ1) is 11.4. The molecule has 0 heterocycles. The summed E-state index contributed by atoms with van der Waals surface area (Å²) < 4.78 is 24.4. The summed E-state index contributed by atoms with van der Waals surface area (Å²) in [6, 6.07) is 15.9. The van der Waals surface area contributed by atoms with Crippen LogP contribution in [0.25, 0.3) is 0 Å². The van der Waals surface area contributed by atoms with Crippen LogP contribution in [0.2, 0.25) is 0 Å². The lowest BCUT2D eigenvalue weighted by Crippen LogP contribution is -2.17. The lowest BCUT2D eigenvalue weighted by atomic mass is 10.0. The van der Waals surface area contributed by atoms with E-state index in [0.717, 1.165) is 12.0 Å². The standard InChI is InChI=1S/C19H23NO3S/c1-15(2)13-16-7-6-8-17(14-16)20-19(21)11-12-24(22,23)18-9-4-3-5-10-18/h3-10,14-15H,11-13H2,1-2H3,(H,20,21). The molecule has 4 nitrogen and oxygen atoms in total. The fraction of sp³-hybridized carbons (Fsp3) is 0.316. The summed E-state index contributed by atoms with van der Waals surface area (Å²) in [6.45, 7) is 4.28. The van der Waals surface area contributed by atoms with Crippen LogP contribution in [0.4, 0.5) is 5.69 Å². The Morgan fingerprint density at radius 1 is 1.04 bits per heavy atom. The van der Waals surface area contributed by atoms with Gasteiger partial charge in [0.2, 0.25) is 5.91 Å². The van der Waals surface area contributed by atoms with Gasteiger partial charge in [-0.05, 0) is 42.2 Å². The second-order valence-electron chi connectivity index (χ2n) is 6.23. The molecule has 5 heteroatoms. The summed E-state index contributed by atoms with van der Waals surface area (Å²) in [5.41, 5.74) is 1.86. The predicted octanol–water partition coefficient (Wildman–Crippen LogP) is 3.69. The molecule has 0 radical (unpaired) electrons. The summed E-state index contributed by atoms with van der Waals surface area (Å²) >= 11 is 0. The van der Waals surface area contributed by atoms with Crippen LogP contribution in [0.15, 0.2) is 59.5 Å². The average molecular weight is 345 g/mol. The van der Waals surface area contributed by atoms with Gasteiger partial charge in [0.25, 0.3) is 0 Å². The second kappa shape index (κ2) is 8.11. The van der Waals surface area contributed by atoms with Gasteiger partial charge in [-0.25, -0.2) is 8.42 Å². The van der Waals surface area contributed by atoms with Crippen LogP contribution in [0.1, 0.15) is 25.8 Å². The summed E-state index contributed by atoms with van der Waals surface area (Å²) in [4.78, 5) is 12.3. The van der Waals surface area contributed by atoms with Gasteiger partial charge in [-0.3, -0.25) is 4.79 Å². The quantitative estimate of drug-likeness (QED) is 0.832. The van der Waals surface area contributed by atoms with E-state index in [1.54, 1.807) is 30.3 Å². The number of sulfone groups is 1. The van der Waals surface area contributed by atoms with Gasteiger partial charge in [-0.15, -0.1) is 0 Å². The fourth-order valence-electron chi connectivity index (χ4n) is 2.44. The SMILES string of the molecule is CC(C)Cc1cccc(NC(=O)CCS(=O)(=O)c2ccccc2)c1. The Labute approximate surface area is 143 Å². The molecule has 2 aromatic rings. The summed E-state index contributed by atoms with van der Waals surface area (Å²) in [5.74, 6) is 0.0392. The van der Waals surface area contributed by atoms with Gasteiger partial charge in [0.05, 0.1) is 10.6 Å². The van der Waals surface area contributed by atoms with Crippen molar-refractivity contribution >= 4 is 21.4 Å². The molecule has 1 amide bonds. The van der Waals surface area contributed by atoms with E-state index in [1.165, 1.54) is 0 Å². The molecule has 0 saturated carbocycles. The molecule has 0 aliphatic rings. The molecule has 0 aromatic heterocycles. The summed E-state index contributed by atoms with van der Waals surface area (Å²) in [7, 11) is -3.43. The monoisotopic (exact) mass is 345 g/mol. The number of anilines is 1. The molecule has 128 valence electrons. The van der Waals surface area contributed by atoms with Gasteiger partial charge in [-0.2, -0.15) is 0 Å². The molecule has 0 aliphatic carbocycles. The van der Waals surface area contributed by atoms with Crippen LogP contribution in [0.3, 0.4) is 0 Å². The van der Waals surface area contributed by atoms with Crippen LogP contribution < -0.4 is 5.32 Å². The molecule has 2 aromatic carbocycles. The van der Waals surface area contributed by atoms with Crippen molar-refractivity contribution in [2.24, 2.45) is 5.92 Å². The predicted molar refractivity (Wildman–Crippen MR) is 96.7 cm³/mol. The van der Waals surface area contributed by atoms with Gasteiger partial charge >= 0.3 is 0 Å². The zero-order chi connectivity index (χ0) is 17.6. The number of carbonyl (C=O) groups is 1. The topological polar surface area (TPSA) is 63.2 Å². The number of hydrogen-bond donors (Lipinski definition) is 1. The third kappa shape index (κ3) is 5.49. The van der Waals surface area contributed by atoms with E-state index in [9.17, 15) is 13.2 Å². The lowest BCUT2D eigenvalue weighted by Gasteiger charge is -2.09. The van der Waals surface area contributed by atoms with E-state index in [0.29, 0.717) is 11.6 Å². The summed E-state index contributed by atoms with van der Waals surface area (Å²) in [6.07, 6.45) is 0.873. The van der Waals surface area contributed by atoms with Crippen molar-refractivity contribution in [1.82, 2.24) is 0 Å². The van der Waals surface area contributed by atoms with Crippen LogP contribution in [-0.4, -0.2) is 20.1 Å². The molecule has 0 aliphatic heterocycles.